The minimum absolute atomic E-state index is 0.0515. The average molecular weight is 420 g/mol. The number of urea groups is 1. The minimum Gasteiger partial charge on any atom is -0.508 e. The molecule has 6 heteroatoms. The summed E-state index contributed by atoms with van der Waals surface area (Å²) in [7, 11) is 0. The van der Waals surface area contributed by atoms with Crippen LogP contribution < -0.4 is 5.32 Å². The summed E-state index contributed by atoms with van der Waals surface area (Å²) in [6, 6.07) is 15.0. The molecule has 2 aromatic rings. The number of amides is 3. The molecule has 3 aliphatic rings. The van der Waals surface area contributed by atoms with Gasteiger partial charge in [-0.1, -0.05) is 36.4 Å². The lowest BCUT2D eigenvalue weighted by atomic mass is 9.76. The van der Waals surface area contributed by atoms with Gasteiger partial charge in [-0.15, -0.1) is 0 Å². The van der Waals surface area contributed by atoms with E-state index in [1.54, 1.807) is 18.2 Å². The average Bonchev–Trinajstić information content (AvgIpc) is 2.78. The fraction of sp³-hybridized carbons (Fsp3) is 0.440. The zero-order chi connectivity index (χ0) is 21.5. The molecule has 0 aliphatic carbocycles. The summed E-state index contributed by atoms with van der Waals surface area (Å²) in [4.78, 5) is 30.6. The van der Waals surface area contributed by atoms with Gasteiger partial charge in [-0.2, -0.15) is 0 Å². The van der Waals surface area contributed by atoms with Crippen LogP contribution >= 0.6 is 0 Å². The lowest BCUT2D eigenvalue weighted by Crippen LogP contribution is -2.61. The second-order valence-corrected chi connectivity index (χ2v) is 9.01. The SMILES string of the molecule is C[C@@H](NC(=O)N1CCC[C@@H]2C(=O)N3CCc4ccccc4[C@H]3C[C@@H]21)c1cccc(O)c1. The highest BCUT2D eigenvalue weighted by molar-refractivity contribution is 5.83. The van der Waals surface area contributed by atoms with Gasteiger partial charge >= 0.3 is 6.03 Å². The van der Waals surface area contributed by atoms with Crippen molar-refractivity contribution in [2.45, 2.75) is 50.7 Å². The summed E-state index contributed by atoms with van der Waals surface area (Å²) in [5, 5.41) is 12.8. The van der Waals surface area contributed by atoms with E-state index in [4.69, 9.17) is 0 Å². The standard InChI is InChI=1S/C25H29N3O3/c1-16(18-7-4-8-19(29)14-18)26-25(31)28-12-5-10-21-23(28)15-22-20-9-3-2-6-17(20)11-13-27(22)24(21)30/h2-4,6-9,14,16,21-23,29H,5,10-13,15H2,1H3,(H,26,31)/t16-,21+,22-,23+/m1/s1. The van der Waals surface area contributed by atoms with E-state index in [9.17, 15) is 14.7 Å². The molecule has 0 unspecified atom stereocenters. The van der Waals surface area contributed by atoms with Gasteiger partial charge in [-0.3, -0.25) is 4.79 Å². The normalized spacial score (nSPS) is 25.8. The molecule has 5 rings (SSSR count). The number of fused-ring (bicyclic) bond motifs is 4. The highest BCUT2D eigenvalue weighted by Crippen LogP contribution is 2.43. The summed E-state index contributed by atoms with van der Waals surface area (Å²) in [5.74, 6) is 0.275. The van der Waals surface area contributed by atoms with E-state index in [-0.39, 0.29) is 41.7 Å². The fourth-order valence-electron chi connectivity index (χ4n) is 5.65. The number of hydrogen-bond acceptors (Lipinski definition) is 3. The number of likely N-dealkylation sites (tertiary alicyclic amines) is 1. The summed E-state index contributed by atoms with van der Waals surface area (Å²) in [6.45, 7) is 3.35. The largest absolute Gasteiger partial charge is 0.508 e. The Balaban J connectivity index is 1.37. The third-order valence-corrected chi connectivity index (χ3v) is 7.23. The molecule has 6 nitrogen and oxygen atoms in total. The van der Waals surface area contributed by atoms with Gasteiger partial charge in [0, 0.05) is 19.1 Å². The van der Waals surface area contributed by atoms with Crippen LogP contribution in [0.15, 0.2) is 48.5 Å². The summed E-state index contributed by atoms with van der Waals surface area (Å²) >= 11 is 0. The maximum Gasteiger partial charge on any atom is 0.318 e. The van der Waals surface area contributed by atoms with Crippen LogP contribution in [0.1, 0.15) is 55.0 Å². The third kappa shape index (κ3) is 3.54. The summed E-state index contributed by atoms with van der Waals surface area (Å²) in [6.07, 6.45) is 3.39. The Morgan fingerprint density at radius 1 is 1.16 bits per heavy atom. The quantitative estimate of drug-likeness (QED) is 0.778. The Hall–Kier alpha value is -3.02. The first-order valence-corrected chi connectivity index (χ1v) is 11.3. The van der Waals surface area contributed by atoms with Crippen LogP contribution in [0, 0.1) is 5.92 Å². The maximum atomic E-state index is 13.4. The number of aromatic hydroxyl groups is 1. The number of phenolic OH excluding ortho intramolecular Hbond substituents is 1. The number of nitrogens with one attached hydrogen (secondary N) is 1. The van der Waals surface area contributed by atoms with Gasteiger partial charge < -0.3 is 20.2 Å². The topological polar surface area (TPSA) is 72.9 Å². The predicted octanol–water partition coefficient (Wildman–Crippen LogP) is 3.77. The Labute approximate surface area is 182 Å². The van der Waals surface area contributed by atoms with Crippen LogP contribution in [0.2, 0.25) is 0 Å². The second kappa shape index (κ2) is 7.91. The van der Waals surface area contributed by atoms with Crippen LogP contribution in [0.5, 0.6) is 5.75 Å². The second-order valence-electron chi connectivity index (χ2n) is 9.01. The van der Waals surface area contributed by atoms with Gasteiger partial charge in [-0.25, -0.2) is 4.79 Å². The first-order chi connectivity index (χ1) is 15.0. The van der Waals surface area contributed by atoms with Crippen LogP contribution in [-0.4, -0.2) is 46.0 Å². The molecular formula is C25H29N3O3. The van der Waals surface area contributed by atoms with Gasteiger partial charge in [0.25, 0.3) is 0 Å². The lowest BCUT2D eigenvalue weighted by Gasteiger charge is -2.51. The highest BCUT2D eigenvalue weighted by Gasteiger charge is 2.48. The van der Waals surface area contributed by atoms with E-state index in [0.29, 0.717) is 6.54 Å². The van der Waals surface area contributed by atoms with Crippen molar-refractivity contribution in [2.75, 3.05) is 13.1 Å². The zero-order valence-corrected chi connectivity index (χ0v) is 17.8. The molecule has 3 amide bonds. The van der Waals surface area contributed by atoms with Gasteiger partial charge in [-0.05, 0) is 61.4 Å². The van der Waals surface area contributed by atoms with Crippen molar-refractivity contribution >= 4 is 11.9 Å². The number of benzene rings is 2. The Kier molecular flexibility index (Phi) is 5.08. The van der Waals surface area contributed by atoms with Crippen LogP contribution in [0.25, 0.3) is 0 Å². The number of hydrogen-bond donors (Lipinski definition) is 2. The first kappa shape index (κ1) is 19.9. The van der Waals surface area contributed by atoms with E-state index in [0.717, 1.165) is 37.8 Å². The predicted molar refractivity (Wildman–Crippen MR) is 117 cm³/mol. The van der Waals surface area contributed by atoms with Gasteiger partial charge in [0.2, 0.25) is 5.91 Å². The number of piperidine rings is 2. The molecule has 31 heavy (non-hydrogen) atoms. The number of carbonyl (C=O) groups excluding carboxylic acids is 2. The van der Waals surface area contributed by atoms with Crippen molar-refractivity contribution in [3.8, 4) is 5.75 Å². The molecule has 2 N–H and O–H groups in total. The van der Waals surface area contributed by atoms with Gasteiger partial charge in [0.15, 0.2) is 0 Å². The number of carbonyl (C=O) groups is 2. The fourth-order valence-corrected chi connectivity index (χ4v) is 5.65. The van der Waals surface area contributed by atoms with Gasteiger partial charge in [0.05, 0.1) is 18.0 Å². The summed E-state index contributed by atoms with van der Waals surface area (Å²) < 4.78 is 0. The summed E-state index contributed by atoms with van der Waals surface area (Å²) in [5.41, 5.74) is 3.41. The Morgan fingerprint density at radius 2 is 2.00 bits per heavy atom. The van der Waals surface area contributed by atoms with Crippen LogP contribution in [-0.2, 0) is 11.2 Å². The van der Waals surface area contributed by atoms with Crippen molar-refractivity contribution < 1.29 is 14.7 Å². The third-order valence-electron chi connectivity index (χ3n) is 7.23. The molecule has 3 heterocycles. The van der Waals surface area contributed by atoms with Crippen molar-refractivity contribution in [1.82, 2.24) is 15.1 Å². The molecule has 0 aromatic heterocycles. The van der Waals surface area contributed by atoms with E-state index in [1.165, 1.54) is 11.1 Å². The van der Waals surface area contributed by atoms with E-state index >= 15 is 0 Å². The minimum atomic E-state index is -0.230. The van der Waals surface area contributed by atoms with Crippen molar-refractivity contribution in [2.24, 2.45) is 5.92 Å². The molecule has 4 atom stereocenters. The molecule has 2 aromatic carbocycles. The molecule has 2 saturated heterocycles. The number of nitrogens with zero attached hydrogens (tertiary/aromatic N) is 2. The molecular weight excluding hydrogens is 390 g/mol. The van der Waals surface area contributed by atoms with Crippen LogP contribution in [0.3, 0.4) is 0 Å². The van der Waals surface area contributed by atoms with E-state index < -0.39 is 0 Å². The molecule has 0 saturated carbocycles. The smallest absolute Gasteiger partial charge is 0.318 e. The van der Waals surface area contributed by atoms with Crippen molar-refractivity contribution in [3.05, 3.63) is 65.2 Å². The monoisotopic (exact) mass is 419 g/mol. The van der Waals surface area contributed by atoms with Gasteiger partial charge in [0.1, 0.15) is 5.75 Å². The van der Waals surface area contributed by atoms with E-state index in [1.807, 2.05) is 24.0 Å². The Morgan fingerprint density at radius 3 is 2.84 bits per heavy atom. The number of phenols is 1. The molecule has 162 valence electrons. The molecule has 0 bridgehead atoms. The molecule has 2 fully saturated rings. The molecule has 0 spiro atoms. The molecule has 0 radical (unpaired) electrons. The lowest BCUT2D eigenvalue weighted by molar-refractivity contribution is -0.148. The number of rotatable bonds is 2. The van der Waals surface area contributed by atoms with Crippen molar-refractivity contribution in [1.29, 1.82) is 0 Å². The molecule has 3 aliphatic heterocycles. The van der Waals surface area contributed by atoms with Crippen LogP contribution in [0.4, 0.5) is 4.79 Å². The first-order valence-electron chi connectivity index (χ1n) is 11.3. The Bertz CT molecular complexity index is 1010. The van der Waals surface area contributed by atoms with E-state index in [2.05, 4.69) is 28.4 Å². The zero-order valence-electron chi connectivity index (χ0n) is 17.8. The maximum absolute atomic E-state index is 13.4. The van der Waals surface area contributed by atoms with Crippen molar-refractivity contribution in [3.63, 3.8) is 0 Å². The highest BCUT2D eigenvalue weighted by atomic mass is 16.3.